The molecule has 0 aliphatic rings. The number of carbonyl (C=O) groups excluding carboxylic acids is 1. The minimum Gasteiger partial charge on any atom is -0.480 e. The number of hydrogen-bond acceptors (Lipinski definition) is 4. The first kappa shape index (κ1) is 15.5. The van der Waals surface area contributed by atoms with Crippen molar-refractivity contribution in [1.29, 1.82) is 5.26 Å². The molecule has 0 radical (unpaired) electrons. The number of hydrogen-bond donors (Lipinski definition) is 2. The predicted molar refractivity (Wildman–Crippen MR) is 71.4 cm³/mol. The van der Waals surface area contributed by atoms with Crippen molar-refractivity contribution >= 4 is 17.7 Å². The van der Waals surface area contributed by atoms with E-state index in [0.717, 1.165) is 0 Å². The Morgan fingerprint density at radius 1 is 1.55 bits per heavy atom. The average molecular weight is 277 g/mol. The SMILES string of the molecule is COCC(NC(=O)N(C)c1cccc(C#N)c1)C(=O)O. The summed E-state index contributed by atoms with van der Waals surface area (Å²) in [7, 11) is 2.83. The maximum atomic E-state index is 11.9. The van der Waals surface area contributed by atoms with Gasteiger partial charge < -0.3 is 15.2 Å². The summed E-state index contributed by atoms with van der Waals surface area (Å²) < 4.78 is 4.73. The molecule has 0 heterocycles. The molecule has 2 amide bonds. The van der Waals surface area contributed by atoms with Gasteiger partial charge in [-0.05, 0) is 18.2 Å². The molecule has 1 rings (SSSR count). The van der Waals surface area contributed by atoms with Crippen LogP contribution in [0.1, 0.15) is 5.56 Å². The fourth-order valence-electron chi connectivity index (χ4n) is 1.49. The lowest BCUT2D eigenvalue weighted by Crippen LogP contribution is -2.48. The number of urea groups is 1. The van der Waals surface area contributed by atoms with E-state index in [1.54, 1.807) is 18.2 Å². The predicted octanol–water partition coefficient (Wildman–Crippen LogP) is 0.804. The highest BCUT2D eigenvalue weighted by atomic mass is 16.5. The molecule has 1 aromatic carbocycles. The van der Waals surface area contributed by atoms with E-state index >= 15 is 0 Å². The van der Waals surface area contributed by atoms with Crippen LogP contribution in [-0.2, 0) is 9.53 Å². The monoisotopic (exact) mass is 277 g/mol. The van der Waals surface area contributed by atoms with Gasteiger partial charge in [-0.25, -0.2) is 9.59 Å². The number of benzene rings is 1. The number of carboxylic acid groups (broad SMARTS) is 1. The van der Waals surface area contributed by atoms with Crippen LogP contribution in [0, 0.1) is 11.3 Å². The van der Waals surface area contributed by atoms with Crippen LogP contribution in [0.3, 0.4) is 0 Å². The minimum atomic E-state index is -1.18. The molecule has 0 bridgehead atoms. The molecule has 0 spiro atoms. The van der Waals surface area contributed by atoms with E-state index in [4.69, 9.17) is 15.1 Å². The first-order valence-electron chi connectivity index (χ1n) is 5.75. The average Bonchev–Trinajstić information content (AvgIpc) is 2.45. The smallest absolute Gasteiger partial charge is 0.328 e. The summed E-state index contributed by atoms with van der Waals surface area (Å²) in [6, 6.07) is 6.67. The number of aliphatic carboxylic acids is 1. The topological polar surface area (TPSA) is 103 Å². The van der Waals surface area contributed by atoms with Gasteiger partial charge in [-0.15, -0.1) is 0 Å². The lowest BCUT2D eigenvalue weighted by molar-refractivity contribution is -0.140. The molecule has 1 unspecified atom stereocenters. The largest absolute Gasteiger partial charge is 0.480 e. The fourth-order valence-corrected chi connectivity index (χ4v) is 1.49. The number of methoxy groups -OCH3 is 1. The van der Waals surface area contributed by atoms with Crippen molar-refractivity contribution in [3.8, 4) is 6.07 Å². The van der Waals surface area contributed by atoms with Crippen LogP contribution in [0.15, 0.2) is 24.3 Å². The second-order valence-corrected chi connectivity index (χ2v) is 4.02. The molecule has 2 N–H and O–H groups in total. The van der Waals surface area contributed by atoms with E-state index in [9.17, 15) is 9.59 Å². The Kier molecular flexibility index (Phi) is 5.50. The summed E-state index contributed by atoms with van der Waals surface area (Å²) in [6.07, 6.45) is 0. The number of carboxylic acids is 1. The maximum absolute atomic E-state index is 11.9. The quantitative estimate of drug-likeness (QED) is 0.828. The van der Waals surface area contributed by atoms with Gasteiger partial charge >= 0.3 is 12.0 Å². The second-order valence-electron chi connectivity index (χ2n) is 4.02. The molecule has 0 saturated carbocycles. The van der Waals surface area contributed by atoms with E-state index in [-0.39, 0.29) is 6.61 Å². The number of carbonyl (C=O) groups is 2. The van der Waals surface area contributed by atoms with Crippen LogP contribution in [0.2, 0.25) is 0 Å². The Morgan fingerprint density at radius 2 is 2.25 bits per heavy atom. The van der Waals surface area contributed by atoms with Gasteiger partial charge in [0, 0.05) is 19.8 Å². The molecule has 7 heteroatoms. The molecule has 1 aromatic rings. The standard InChI is InChI=1S/C13H15N3O4/c1-16(10-5-3-4-9(6-10)7-14)13(19)15-11(8-20-2)12(17)18/h3-6,11H,8H2,1-2H3,(H,15,19)(H,17,18). The number of rotatable bonds is 5. The number of nitriles is 1. The van der Waals surface area contributed by atoms with Crippen LogP contribution in [0.4, 0.5) is 10.5 Å². The van der Waals surface area contributed by atoms with Gasteiger partial charge in [0.1, 0.15) is 0 Å². The van der Waals surface area contributed by atoms with Crippen molar-refractivity contribution in [2.24, 2.45) is 0 Å². The summed E-state index contributed by atoms with van der Waals surface area (Å²) in [5.41, 5.74) is 0.900. The summed E-state index contributed by atoms with van der Waals surface area (Å²) in [5, 5.41) is 20.1. The summed E-state index contributed by atoms with van der Waals surface area (Å²) in [4.78, 5) is 24.1. The number of ether oxygens (including phenoxy) is 1. The van der Waals surface area contributed by atoms with Crippen molar-refractivity contribution in [2.45, 2.75) is 6.04 Å². The molecule has 1 atom stereocenters. The normalized spacial score (nSPS) is 11.2. The van der Waals surface area contributed by atoms with Gasteiger partial charge in [-0.3, -0.25) is 4.90 Å². The molecule has 0 fully saturated rings. The van der Waals surface area contributed by atoms with Gasteiger partial charge in [-0.2, -0.15) is 5.26 Å². The van der Waals surface area contributed by atoms with Gasteiger partial charge in [-0.1, -0.05) is 6.07 Å². The Balaban J connectivity index is 2.80. The minimum absolute atomic E-state index is 0.132. The van der Waals surface area contributed by atoms with Crippen LogP contribution in [0.5, 0.6) is 0 Å². The first-order valence-corrected chi connectivity index (χ1v) is 5.75. The zero-order valence-corrected chi connectivity index (χ0v) is 11.2. The van der Waals surface area contributed by atoms with Gasteiger partial charge in [0.15, 0.2) is 6.04 Å². The lowest BCUT2D eigenvalue weighted by Gasteiger charge is -2.21. The van der Waals surface area contributed by atoms with Crippen molar-refractivity contribution in [2.75, 3.05) is 25.7 Å². The zero-order valence-electron chi connectivity index (χ0n) is 11.2. The van der Waals surface area contributed by atoms with Crippen LogP contribution in [0.25, 0.3) is 0 Å². The number of anilines is 1. The Hall–Kier alpha value is -2.59. The molecule has 106 valence electrons. The zero-order chi connectivity index (χ0) is 15.1. The molecule has 7 nitrogen and oxygen atoms in total. The van der Waals surface area contributed by atoms with Crippen LogP contribution >= 0.6 is 0 Å². The van der Waals surface area contributed by atoms with Crippen LogP contribution in [-0.4, -0.2) is 43.9 Å². The number of amides is 2. The maximum Gasteiger partial charge on any atom is 0.328 e. The van der Waals surface area contributed by atoms with E-state index in [0.29, 0.717) is 11.3 Å². The molecule has 20 heavy (non-hydrogen) atoms. The van der Waals surface area contributed by atoms with E-state index in [1.807, 2.05) is 6.07 Å². The third-order valence-corrected chi connectivity index (χ3v) is 2.60. The van der Waals surface area contributed by atoms with Crippen molar-refractivity contribution in [1.82, 2.24) is 5.32 Å². The third-order valence-electron chi connectivity index (χ3n) is 2.60. The highest BCUT2D eigenvalue weighted by Gasteiger charge is 2.22. The van der Waals surface area contributed by atoms with Crippen molar-refractivity contribution in [3.05, 3.63) is 29.8 Å². The van der Waals surface area contributed by atoms with Gasteiger partial charge in [0.25, 0.3) is 0 Å². The van der Waals surface area contributed by atoms with Gasteiger partial charge in [0.2, 0.25) is 0 Å². The Labute approximate surface area is 116 Å². The highest BCUT2D eigenvalue weighted by molar-refractivity contribution is 5.94. The lowest BCUT2D eigenvalue weighted by atomic mass is 10.2. The third kappa shape index (κ3) is 3.96. The Morgan fingerprint density at radius 3 is 2.80 bits per heavy atom. The van der Waals surface area contributed by atoms with E-state index < -0.39 is 18.0 Å². The van der Waals surface area contributed by atoms with Gasteiger partial charge in [0.05, 0.1) is 18.2 Å². The van der Waals surface area contributed by atoms with E-state index in [1.165, 1.54) is 25.1 Å². The first-order chi connectivity index (χ1) is 9.49. The Bertz CT molecular complexity index is 539. The van der Waals surface area contributed by atoms with Crippen molar-refractivity contribution in [3.63, 3.8) is 0 Å². The molecule has 0 aliphatic carbocycles. The second kappa shape index (κ2) is 7.11. The molecular formula is C13H15N3O4. The van der Waals surface area contributed by atoms with E-state index in [2.05, 4.69) is 5.32 Å². The van der Waals surface area contributed by atoms with Crippen LogP contribution < -0.4 is 10.2 Å². The molecule has 0 aliphatic heterocycles. The fraction of sp³-hybridized carbons (Fsp3) is 0.308. The summed E-state index contributed by atoms with van der Waals surface area (Å²) >= 11 is 0. The summed E-state index contributed by atoms with van der Waals surface area (Å²) in [5.74, 6) is -1.18. The molecule has 0 saturated heterocycles. The molecule has 0 aromatic heterocycles. The number of nitrogens with one attached hydrogen (secondary N) is 1. The number of nitrogens with zero attached hydrogens (tertiary/aromatic N) is 2. The highest BCUT2D eigenvalue weighted by Crippen LogP contribution is 2.14. The summed E-state index contributed by atoms with van der Waals surface area (Å²) in [6.45, 7) is -0.132. The molecular weight excluding hydrogens is 262 g/mol. The van der Waals surface area contributed by atoms with Crippen molar-refractivity contribution < 1.29 is 19.4 Å².